The summed E-state index contributed by atoms with van der Waals surface area (Å²) in [6, 6.07) is 7.04. The highest BCUT2D eigenvalue weighted by atomic mass is 79.9. The van der Waals surface area contributed by atoms with Gasteiger partial charge < -0.3 is 5.73 Å². The van der Waals surface area contributed by atoms with Crippen LogP contribution in [-0.4, -0.2) is 0 Å². The van der Waals surface area contributed by atoms with Crippen molar-refractivity contribution in [2.75, 3.05) is 5.73 Å². The van der Waals surface area contributed by atoms with Gasteiger partial charge in [0.05, 0.1) is 5.56 Å². The maximum Gasteiger partial charge on any atom is 0.416 e. The van der Waals surface area contributed by atoms with E-state index in [1.165, 1.54) is 24.3 Å². The van der Waals surface area contributed by atoms with Crippen LogP contribution in [-0.2, 0) is 6.18 Å². The van der Waals surface area contributed by atoms with E-state index in [4.69, 9.17) is 5.73 Å². The summed E-state index contributed by atoms with van der Waals surface area (Å²) in [6.45, 7) is 0. The van der Waals surface area contributed by atoms with Gasteiger partial charge in [-0.1, -0.05) is 22.0 Å². The highest BCUT2D eigenvalue weighted by Gasteiger charge is 2.31. The molecule has 6 heteroatoms. The van der Waals surface area contributed by atoms with Crippen LogP contribution in [0.4, 0.5) is 23.2 Å². The highest BCUT2D eigenvalue weighted by Crippen LogP contribution is 2.36. The number of halogens is 5. The lowest BCUT2D eigenvalue weighted by atomic mass is 10.0. The number of hydrogen-bond acceptors (Lipinski definition) is 1. The number of rotatable bonds is 1. The smallest absolute Gasteiger partial charge is 0.398 e. The Hall–Kier alpha value is -1.56. The Morgan fingerprint density at radius 1 is 0.947 bits per heavy atom. The summed E-state index contributed by atoms with van der Waals surface area (Å²) in [5.74, 6) is -0.547. The van der Waals surface area contributed by atoms with Crippen molar-refractivity contribution < 1.29 is 17.6 Å². The van der Waals surface area contributed by atoms with Crippen LogP contribution in [0.15, 0.2) is 40.9 Å². The summed E-state index contributed by atoms with van der Waals surface area (Å²) < 4.78 is 51.8. The first-order valence-electron chi connectivity index (χ1n) is 5.21. The molecule has 0 unspecified atom stereocenters. The topological polar surface area (TPSA) is 26.0 Å². The predicted molar refractivity (Wildman–Crippen MR) is 69.0 cm³/mol. The molecule has 2 N–H and O–H groups in total. The van der Waals surface area contributed by atoms with E-state index in [0.29, 0.717) is 4.47 Å². The maximum absolute atomic E-state index is 13.7. The average molecular weight is 334 g/mol. The van der Waals surface area contributed by atoms with Crippen LogP contribution >= 0.6 is 15.9 Å². The molecule has 1 nitrogen and oxygen atoms in total. The van der Waals surface area contributed by atoms with E-state index < -0.39 is 17.6 Å². The fourth-order valence-electron chi connectivity index (χ4n) is 1.69. The Labute approximate surface area is 115 Å². The minimum Gasteiger partial charge on any atom is -0.398 e. The van der Waals surface area contributed by atoms with E-state index in [9.17, 15) is 17.6 Å². The maximum atomic E-state index is 13.7. The summed E-state index contributed by atoms with van der Waals surface area (Å²) in [5, 5.41) is 0. The van der Waals surface area contributed by atoms with Crippen LogP contribution in [0.1, 0.15) is 5.56 Å². The number of alkyl halides is 3. The molecule has 0 aliphatic carbocycles. The van der Waals surface area contributed by atoms with Gasteiger partial charge in [0, 0.05) is 21.3 Å². The third-order valence-corrected chi connectivity index (χ3v) is 3.09. The normalized spacial score (nSPS) is 11.6. The van der Waals surface area contributed by atoms with Crippen molar-refractivity contribution in [3.63, 3.8) is 0 Å². The van der Waals surface area contributed by atoms with Gasteiger partial charge >= 0.3 is 6.18 Å². The quantitative estimate of drug-likeness (QED) is 0.585. The Bertz CT molecular complexity index is 623. The van der Waals surface area contributed by atoms with Crippen LogP contribution in [0, 0.1) is 5.82 Å². The molecule has 0 aliphatic heterocycles. The Kier molecular flexibility index (Phi) is 3.54. The van der Waals surface area contributed by atoms with Gasteiger partial charge in [0.2, 0.25) is 0 Å². The van der Waals surface area contributed by atoms with Gasteiger partial charge in [-0.2, -0.15) is 13.2 Å². The van der Waals surface area contributed by atoms with E-state index in [1.54, 1.807) is 0 Å². The molecule has 0 aromatic heterocycles. The molecule has 0 atom stereocenters. The van der Waals surface area contributed by atoms with E-state index >= 15 is 0 Å². The Balaban J connectivity index is 2.55. The molecule has 2 rings (SSSR count). The van der Waals surface area contributed by atoms with Crippen molar-refractivity contribution in [3.05, 3.63) is 52.3 Å². The molecule has 0 amide bonds. The molecule has 0 saturated heterocycles. The molecule has 0 saturated carbocycles. The van der Waals surface area contributed by atoms with Crippen molar-refractivity contribution in [2.45, 2.75) is 6.18 Å². The van der Waals surface area contributed by atoms with Gasteiger partial charge in [0.1, 0.15) is 5.82 Å². The number of hydrogen-bond donors (Lipinski definition) is 1. The molecule has 0 radical (unpaired) electrons. The van der Waals surface area contributed by atoms with Gasteiger partial charge in [-0.05, 0) is 30.3 Å². The van der Waals surface area contributed by atoms with Gasteiger partial charge in [0.15, 0.2) is 0 Å². The Morgan fingerprint density at radius 2 is 1.63 bits per heavy atom. The number of anilines is 1. The molecule has 0 heterocycles. The zero-order chi connectivity index (χ0) is 14.2. The van der Waals surface area contributed by atoms with Crippen LogP contribution in [0.2, 0.25) is 0 Å². The zero-order valence-electron chi connectivity index (χ0n) is 9.43. The minimum absolute atomic E-state index is 0.119. The van der Waals surface area contributed by atoms with Gasteiger partial charge in [-0.3, -0.25) is 0 Å². The van der Waals surface area contributed by atoms with Gasteiger partial charge in [0.25, 0.3) is 0 Å². The second kappa shape index (κ2) is 4.85. The lowest BCUT2D eigenvalue weighted by molar-refractivity contribution is -0.137. The molecule has 19 heavy (non-hydrogen) atoms. The van der Waals surface area contributed by atoms with Crippen molar-refractivity contribution in [1.29, 1.82) is 0 Å². The van der Waals surface area contributed by atoms with Gasteiger partial charge in [-0.15, -0.1) is 0 Å². The summed E-state index contributed by atoms with van der Waals surface area (Å²) >= 11 is 3.18. The van der Waals surface area contributed by atoms with Crippen molar-refractivity contribution in [3.8, 4) is 11.1 Å². The SMILES string of the molecule is Nc1cc(C(F)(F)F)ccc1-c1cc(Br)ccc1F. The largest absolute Gasteiger partial charge is 0.416 e. The van der Waals surface area contributed by atoms with Crippen LogP contribution in [0.3, 0.4) is 0 Å². The van der Waals surface area contributed by atoms with E-state index in [0.717, 1.165) is 12.1 Å². The van der Waals surface area contributed by atoms with Crippen molar-refractivity contribution >= 4 is 21.6 Å². The first-order chi connectivity index (χ1) is 8.79. The predicted octanol–water partition coefficient (Wildman–Crippen LogP) is 4.86. The molecular formula is C13H8BrF4N. The second-order valence-corrected chi connectivity index (χ2v) is 4.84. The molecule has 2 aromatic carbocycles. The van der Waals surface area contributed by atoms with Crippen LogP contribution in [0.5, 0.6) is 0 Å². The monoisotopic (exact) mass is 333 g/mol. The van der Waals surface area contributed by atoms with Crippen LogP contribution < -0.4 is 5.73 Å². The highest BCUT2D eigenvalue weighted by molar-refractivity contribution is 9.10. The summed E-state index contributed by atoms with van der Waals surface area (Å²) in [4.78, 5) is 0. The fraction of sp³-hybridized carbons (Fsp3) is 0.0769. The zero-order valence-corrected chi connectivity index (χ0v) is 11.0. The van der Waals surface area contributed by atoms with Crippen LogP contribution in [0.25, 0.3) is 11.1 Å². The van der Waals surface area contributed by atoms with Crippen molar-refractivity contribution in [1.82, 2.24) is 0 Å². The summed E-state index contributed by atoms with van der Waals surface area (Å²) in [6.07, 6.45) is -4.47. The van der Waals surface area contributed by atoms with Gasteiger partial charge in [-0.25, -0.2) is 4.39 Å². The Morgan fingerprint density at radius 3 is 2.21 bits per heavy atom. The number of nitrogens with two attached hydrogens (primary N) is 1. The summed E-state index contributed by atoms with van der Waals surface area (Å²) in [7, 11) is 0. The van der Waals surface area contributed by atoms with E-state index in [1.807, 2.05) is 0 Å². The molecule has 100 valence electrons. The molecule has 0 bridgehead atoms. The van der Waals surface area contributed by atoms with Crippen molar-refractivity contribution in [2.24, 2.45) is 0 Å². The number of benzene rings is 2. The summed E-state index contributed by atoms with van der Waals surface area (Å²) in [5.41, 5.74) is 4.99. The standard InChI is InChI=1S/C13H8BrF4N/c14-8-2-4-11(15)10(6-8)9-3-1-7(5-12(9)19)13(16,17)18/h1-6H,19H2. The molecule has 2 aromatic rings. The van der Waals surface area contributed by atoms with E-state index in [2.05, 4.69) is 15.9 Å². The molecular weight excluding hydrogens is 326 g/mol. The molecule has 0 spiro atoms. The second-order valence-electron chi connectivity index (χ2n) is 3.92. The lowest BCUT2D eigenvalue weighted by Gasteiger charge is -2.11. The first-order valence-corrected chi connectivity index (χ1v) is 6.00. The minimum atomic E-state index is -4.47. The average Bonchev–Trinajstić information content (AvgIpc) is 2.31. The fourth-order valence-corrected chi connectivity index (χ4v) is 2.05. The third kappa shape index (κ3) is 2.89. The first kappa shape index (κ1) is 13.9. The third-order valence-electron chi connectivity index (χ3n) is 2.60. The molecule has 0 fully saturated rings. The van der Waals surface area contributed by atoms with E-state index in [-0.39, 0.29) is 16.8 Å². The number of nitrogen functional groups attached to an aromatic ring is 1. The lowest BCUT2D eigenvalue weighted by Crippen LogP contribution is -2.06. The molecule has 0 aliphatic rings.